The maximum absolute atomic E-state index is 12.4. The Hall–Kier alpha value is -0.930. The third-order valence-corrected chi connectivity index (χ3v) is 8.11. The molecule has 0 radical (unpaired) electrons. The molecule has 1 aromatic rings. The zero-order chi connectivity index (χ0) is 23.4. The number of likely N-dealkylation sites (tertiary alicyclic amines) is 1. The Kier molecular flexibility index (Phi) is 13.7. The molecule has 4 unspecified atom stereocenters. The molecule has 0 spiro atoms. The van der Waals surface area contributed by atoms with Gasteiger partial charge in [-0.15, -0.1) is 37.2 Å². The second kappa shape index (κ2) is 14.9. The van der Waals surface area contributed by atoms with Gasteiger partial charge in [-0.1, -0.05) is 37.3 Å². The summed E-state index contributed by atoms with van der Waals surface area (Å²) in [6.45, 7) is 9.76. The summed E-state index contributed by atoms with van der Waals surface area (Å²) in [4.78, 5) is 31.6. The number of hydrogen-bond acceptors (Lipinski definition) is 7. The van der Waals surface area contributed by atoms with Gasteiger partial charge in [0.1, 0.15) is 5.54 Å². The van der Waals surface area contributed by atoms with Gasteiger partial charge < -0.3 is 10.5 Å². The quantitative estimate of drug-likeness (QED) is 0.429. The molecule has 7 nitrogen and oxygen atoms in total. The summed E-state index contributed by atoms with van der Waals surface area (Å²) < 4.78 is 4.85. The van der Waals surface area contributed by atoms with Crippen molar-refractivity contribution in [3.63, 3.8) is 0 Å². The molecule has 2 N–H and O–H groups in total. The number of piperazine rings is 1. The van der Waals surface area contributed by atoms with Gasteiger partial charge in [0.2, 0.25) is 0 Å². The van der Waals surface area contributed by atoms with E-state index in [2.05, 4.69) is 45.0 Å². The molecule has 10 heteroatoms. The Balaban J connectivity index is 0.00000216. The number of nitrogens with two attached hydrogens (primary N) is 1. The van der Waals surface area contributed by atoms with Crippen LogP contribution in [0.5, 0.6) is 0 Å². The van der Waals surface area contributed by atoms with E-state index in [9.17, 15) is 9.59 Å². The molecule has 2 heterocycles. The number of carbonyl (C=O) groups excluding carboxylic acids is 2. The fourth-order valence-corrected chi connectivity index (χ4v) is 6.04. The van der Waals surface area contributed by atoms with Gasteiger partial charge in [-0.2, -0.15) is 0 Å². The van der Waals surface area contributed by atoms with E-state index >= 15 is 0 Å². The lowest BCUT2D eigenvalue weighted by Gasteiger charge is -2.49. The highest BCUT2D eigenvalue weighted by molar-refractivity contribution is 5.90. The van der Waals surface area contributed by atoms with Gasteiger partial charge in [-0.25, -0.2) is 4.79 Å². The van der Waals surface area contributed by atoms with Crippen molar-refractivity contribution in [1.82, 2.24) is 14.7 Å². The van der Waals surface area contributed by atoms with Crippen molar-refractivity contribution < 1.29 is 14.3 Å². The molecule has 1 saturated carbocycles. The fraction of sp³-hybridized carbons (Fsp3) is 0.692. The van der Waals surface area contributed by atoms with Crippen LogP contribution < -0.4 is 5.73 Å². The van der Waals surface area contributed by atoms with Crippen molar-refractivity contribution in [3.8, 4) is 0 Å². The number of esters is 2. The first kappa shape index (κ1) is 33.1. The number of hydrogen-bond donors (Lipinski definition) is 1. The van der Waals surface area contributed by atoms with Crippen molar-refractivity contribution >= 4 is 49.2 Å². The molecule has 2 aliphatic heterocycles. The standard InChI is InChI=1S/C26H40N4O3.3ClH/c1-20-18-23(11-12-26(20,27)25(32)33-21(2)31)28-14-16-29(17-15-28)24-10-6-7-13-30(24)19-22-8-4-3-5-9-22;;;/h3-5,8-9,20,23-24H,6-7,10-19,27H2,1-2H3;3*1H. The highest BCUT2D eigenvalue weighted by Crippen LogP contribution is 2.36. The minimum atomic E-state index is -1.05. The molecule has 0 bridgehead atoms. The Morgan fingerprint density at radius 3 is 2.22 bits per heavy atom. The van der Waals surface area contributed by atoms with Gasteiger partial charge in [0.05, 0.1) is 6.17 Å². The lowest BCUT2D eigenvalue weighted by molar-refractivity contribution is -0.165. The van der Waals surface area contributed by atoms with E-state index in [4.69, 9.17) is 10.5 Å². The van der Waals surface area contributed by atoms with E-state index in [1.807, 2.05) is 6.92 Å². The zero-order valence-electron chi connectivity index (χ0n) is 21.5. The van der Waals surface area contributed by atoms with E-state index < -0.39 is 17.5 Å². The third kappa shape index (κ3) is 7.79. The average Bonchev–Trinajstić information content (AvgIpc) is 2.82. The predicted molar refractivity (Wildman–Crippen MR) is 150 cm³/mol. The van der Waals surface area contributed by atoms with Crippen LogP contribution in [0.4, 0.5) is 0 Å². The molecule has 4 atom stereocenters. The topological polar surface area (TPSA) is 79.1 Å². The number of carbonyl (C=O) groups is 2. The molecular formula is C26H43Cl3N4O3. The first-order valence-corrected chi connectivity index (χ1v) is 12.6. The molecule has 3 fully saturated rings. The van der Waals surface area contributed by atoms with Crippen molar-refractivity contribution in [1.29, 1.82) is 0 Å². The SMILES string of the molecule is CC(=O)OC(=O)C1(N)CCC(N2CCN(C3CCCCN3Cc3ccccc3)CC2)CC1C.Cl.Cl.Cl. The Morgan fingerprint density at radius 1 is 0.972 bits per heavy atom. The van der Waals surface area contributed by atoms with Crippen LogP contribution in [0.1, 0.15) is 57.9 Å². The van der Waals surface area contributed by atoms with Crippen molar-refractivity contribution in [2.75, 3.05) is 32.7 Å². The summed E-state index contributed by atoms with van der Waals surface area (Å²) in [5, 5.41) is 0. The van der Waals surface area contributed by atoms with Gasteiger partial charge in [0, 0.05) is 45.7 Å². The van der Waals surface area contributed by atoms with Gasteiger partial charge in [-0.3, -0.25) is 19.5 Å². The van der Waals surface area contributed by atoms with Crippen LogP contribution >= 0.6 is 37.2 Å². The van der Waals surface area contributed by atoms with Crippen LogP contribution in [0.3, 0.4) is 0 Å². The fourth-order valence-electron chi connectivity index (χ4n) is 6.04. The summed E-state index contributed by atoms with van der Waals surface area (Å²) in [5.41, 5.74) is 6.77. The highest BCUT2D eigenvalue weighted by Gasteiger charge is 2.47. The zero-order valence-corrected chi connectivity index (χ0v) is 23.9. The molecule has 2 saturated heterocycles. The minimum absolute atomic E-state index is 0. The van der Waals surface area contributed by atoms with Crippen LogP contribution in [0.2, 0.25) is 0 Å². The van der Waals surface area contributed by atoms with Gasteiger partial charge >= 0.3 is 11.9 Å². The van der Waals surface area contributed by atoms with Gasteiger partial charge in [0.15, 0.2) is 0 Å². The molecule has 4 rings (SSSR count). The summed E-state index contributed by atoms with van der Waals surface area (Å²) in [7, 11) is 0. The maximum atomic E-state index is 12.4. The maximum Gasteiger partial charge on any atom is 0.334 e. The lowest BCUT2D eigenvalue weighted by Crippen LogP contribution is -2.62. The molecule has 0 aromatic heterocycles. The van der Waals surface area contributed by atoms with Crippen LogP contribution in [0.25, 0.3) is 0 Å². The van der Waals surface area contributed by atoms with E-state index in [1.54, 1.807) is 0 Å². The van der Waals surface area contributed by atoms with Crippen molar-refractivity contribution in [2.24, 2.45) is 11.7 Å². The lowest BCUT2D eigenvalue weighted by atomic mass is 9.72. The van der Waals surface area contributed by atoms with Crippen LogP contribution in [-0.2, 0) is 20.9 Å². The molecular weight excluding hydrogens is 523 g/mol. The minimum Gasteiger partial charge on any atom is -0.392 e. The number of halogens is 3. The van der Waals surface area contributed by atoms with E-state index in [-0.39, 0.29) is 43.1 Å². The number of piperidine rings is 1. The Morgan fingerprint density at radius 2 is 1.61 bits per heavy atom. The van der Waals surface area contributed by atoms with Gasteiger partial charge in [-0.05, 0) is 56.6 Å². The van der Waals surface area contributed by atoms with E-state index in [1.165, 1.54) is 38.3 Å². The first-order valence-electron chi connectivity index (χ1n) is 12.6. The van der Waals surface area contributed by atoms with E-state index in [0.717, 1.165) is 45.6 Å². The number of nitrogens with zero attached hydrogens (tertiary/aromatic N) is 3. The number of benzene rings is 1. The summed E-state index contributed by atoms with van der Waals surface area (Å²) in [6.07, 6.45) is 6.69. The predicted octanol–water partition coefficient (Wildman–Crippen LogP) is 3.86. The number of rotatable bonds is 5. The van der Waals surface area contributed by atoms with Crippen LogP contribution in [0.15, 0.2) is 30.3 Å². The highest BCUT2D eigenvalue weighted by atomic mass is 35.5. The second-order valence-electron chi connectivity index (χ2n) is 10.3. The van der Waals surface area contributed by atoms with Crippen molar-refractivity contribution in [3.05, 3.63) is 35.9 Å². The first-order chi connectivity index (χ1) is 15.9. The average molecular weight is 566 g/mol. The smallest absolute Gasteiger partial charge is 0.334 e. The van der Waals surface area contributed by atoms with E-state index in [0.29, 0.717) is 18.6 Å². The Labute approximate surface area is 234 Å². The summed E-state index contributed by atoms with van der Waals surface area (Å²) >= 11 is 0. The van der Waals surface area contributed by atoms with Crippen LogP contribution in [-0.4, -0.2) is 77.1 Å². The normalized spacial score (nSPS) is 29.7. The molecule has 1 aliphatic carbocycles. The molecule has 1 aromatic carbocycles. The molecule has 36 heavy (non-hydrogen) atoms. The molecule has 206 valence electrons. The van der Waals surface area contributed by atoms with Gasteiger partial charge in [0.25, 0.3) is 0 Å². The second-order valence-corrected chi connectivity index (χ2v) is 10.3. The van der Waals surface area contributed by atoms with Crippen molar-refractivity contribution in [2.45, 2.75) is 76.7 Å². The number of ether oxygens (including phenoxy) is 1. The molecule has 3 aliphatic rings. The largest absolute Gasteiger partial charge is 0.392 e. The van der Waals surface area contributed by atoms with Crippen LogP contribution in [0, 0.1) is 5.92 Å². The molecule has 0 amide bonds. The summed E-state index contributed by atoms with van der Waals surface area (Å²) in [6, 6.07) is 11.3. The Bertz CT molecular complexity index is 826. The monoisotopic (exact) mass is 564 g/mol. The third-order valence-electron chi connectivity index (χ3n) is 8.11. The summed E-state index contributed by atoms with van der Waals surface area (Å²) in [5.74, 6) is -1.17.